The summed E-state index contributed by atoms with van der Waals surface area (Å²) in [4.78, 5) is 1.29. The lowest BCUT2D eigenvalue weighted by Gasteiger charge is -2.05. The highest BCUT2D eigenvalue weighted by Gasteiger charge is 2.02. The molecule has 1 aromatic rings. The van der Waals surface area contributed by atoms with Crippen LogP contribution in [0.1, 0.15) is 11.8 Å². The van der Waals surface area contributed by atoms with Crippen molar-refractivity contribution >= 4 is 11.3 Å². The molecule has 0 bridgehead atoms. The van der Waals surface area contributed by atoms with Crippen LogP contribution in [-0.2, 0) is 6.42 Å². The summed E-state index contributed by atoms with van der Waals surface area (Å²) < 4.78 is 0. The van der Waals surface area contributed by atoms with Gasteiger partial charge in [0.25, 0.3) is 0 Å². The summed E-state index contributed by atoms with van der Waals surface area (Å²) in [5.41, 5.74) is 2.04. The van der Waals surface area contributed by atoms with Gasteiger partial charge in [-0.05, 0) is 29.5 Å². The Labute approximate surface area is 95.1 Å². The quantitative estimate of drug-likeness (QED) is 0.755. The Morgan fingerprint density at radius 3 is 2.80 bits per heavy atom. The molecule has 1 aromatic heterocycles. The highest BCUT2D eigenvalue weighted by molar-refractivity contribution is 7.09. The molecule has 0 amide bonds. The van der Waals surface area contributed by atoms with Gasteiger partial charge in [0.15, 0.2) is 0 Å². The monoisotopic (exact) mass is 220 g/mol. The largest absolute Gasteiger partial charge is 0.392 e. The average Bonchev–Trinajstić information content (AvgIpc) is 2.75. The van der Waals surface area contributed by atoms with E-state index in [9.17, 15) is 5.11 Å². The summed E-state index contributed by atoms with van der Waals surface area (Å²) in [6.07, 6.45) is 6.54. The first-order valence-electron chi connectivity index (χ1n) is 4.92. The van der Waals surface area contributed by atoms with Crippen LogP contribution in [0.25, 0.3) is 0 Å². The third-order valence-corrected chi connectivity index (χ3v) is 3.02. The molecule has 0 unspecified atom stereocenters. The van der Waals surface area contributed by atoms with Crippen LogP contribution in [0, 0.1) is 0 Å². The summed E-state index contributed by atoms with van der Waals surface area (Å²) in [6, 6.07) is 4.13. The van der Waals surface area contributed by atoms with Gasteiger partial charge in [0, 0.05) is 11.3 Å². The van der Waals surface area contributed by atoms with Crippen LogP contribution < -0.4 is 0 Å². The van der Waals surface area contributed by atoms with Gasteiger partial charge in [-0.15, -0.1) is 11.3 Å². The van der Waals surface area contributed by atoms with E-state index >= 15 is 0 Å². The lowest BCUT2D eigenvalue weighted by Crippen LogP contribution is -1.95. The minimum atomic E-state index is 0.0665. The number of thiophene rings is 1. The van der Waals surface area contributed by atoms with E-state index in [1.165, 1.54) is 4.88 Å². The molecule has 0 atom stereocenters. The molecule has 0 aliphatic heterocycles. The fourth-order valence-electron chi connectivity index (χ4n) is 1.38. The van der Waals surface area contributed by atoms with Crippen molar-refractivity contribution in [3.63, 3.8) is 0 Å². The number of hydrogen-bond donors (Lipinski definition) is 1. The molecule has 80 valence electrons. The summed E-state index contributed by atoms with van der Waals surface area (Å²) in [5, 5.41) is 11.3. The van der Waals surface area contributed by atoms with E-state index in [2.05, 4.69) is 18.0 Å². The van der Waals surface area contributed by atoms with Gasteiger partial charge in [-0.25, -0.2) is 0 Å². The van der Waals surface area contributed by atoms with Crippen LogP contribution in [0.15, 0.2) is 53.5 Å². The molecule has 0 spiro atoms. The average molecular weight is 220 g/mol. The standard InChI is InChI=1S/C13H16OS/c1-3-6-12(10-14)11(4-2)9-13-7-5-8-15-13/h3-8,14H,2,9-10H2,1H3/b6-3-,12-11-. The second kappa shape index (κ2) is 6.38. The van der Waals surface area contributed by atoms with Crippen LogP contribution in [0.4, 0.5) is 0 Å². The lowest BCUT2D eigenvalue weighted by molar-refractivity contribution is 0.334. The smallest absolute Gasteiger partial charge is 0.0684 e. The Bertz CT molecular complexity index is 358. The summed E-state index contributed by atoms with van der Waals surface area (Å²) >= 11 is 1.72. The Morgan fingerprint density at radius 1 is 1.53 bits per heavy atom. The van der Waals surface area contributed by atoms with E-state index < -0.39 is 0 Å². The predicted octanol–water partition coefficient (Wildman–Crippen LogP) is 3.34. The topological polar surface area (TPSA) is 20.2 Å². The minimum Gasteiger partial charge on any atom is -0.392 e. The van der Waals surface area contributed by atoms with Crippen molar-refractivity contribution in [3.8, 4) is 0 Å². The SMILES string of the molecule is C=C/C(Cc1cccs1)=C(\C=C/C)CO. The molecule has 1 rings (SSSR count). The third kappa shape index (κ3) is 3.50. The molecule has 0 aromatic carbocycles. The van der Waals surface area contributed by atoms with Gasteiger partial charge >= 0.3 is 0 Å². The van der Waals surface area contributed by atoms with Crippen LogP contribution >= 0.6 is 11.3 Å². The van der Waals surface area contributed by atoms with E-state index in [1.54, 1.807) is 11.3 Å². The van der Waals surface area contributed by atoms with Gasteiger partial charge in [-0.2, -0.15) is 0 Å². The number of aliphatic hydroxyl groups is 1. The maximum Gasteiger partial charge on any atom is 0.0684 e. The van der Waals surface area contributed by atoms with Gasteiger partial charge < -0.3 is 5.11 Å². The number of aliphatic hydroxyl groups excluding tert-OH is 1. The molecule has 0 fully saturated rings. The van der Waals surface area contributed by atoms with Gasteiger partial charge in [-0.1, -0.05) is 30.9 Å². The molecular weight excluding hydrogens is 204 g/mol. The van der Waals surface area contributed by atoms with Crippen molar-refractivity contribution in [1.29, 1.82) is 0 Å². The van der Waals surface area contributed by atoms with Gasteiger partial charge in [0.1, 0.15) is 0 Å². The highest BCUT2D eigenvalue weighted by atomic mass is 32.1. The Morgan fingerprint density at radius 2 is 2.33 bits per heavy atom. The molecule has 0 radical (unpaired) electrons. The highest BCUT2D eigenvalue weighted by Crippen LogP contribution is 2.18. The van der Waals surface area contributed by atoms with Crippen molar-refractivity contribution < 1.29 is 5.11 Å². The van der Waals surface area contributed by atoms with Crippen LogP contribution in [0.2, 0.25) is 0 Å². The zero-order valence-corrected chi connectivity index (χ0v) is 9.76. The van der Waals surface area contributed by atoms with Crippen molar-refractivity contribution in [2.75, 3.05) is 6.61 Å². The van der Waals surface area contributed by atoms with Gasteiger partial charge in [0.2, 0.25) is 0 Å². The molecule has 0 aliphatic carbocycles. The third-order valence-electron chi connectivity index (χ3n) is 2.14. The molecule has 2 heteroatoms. The summed E-state index contributed by atoms with van der Waals surface area (Å²) in [7, 11) is 0. The maximum absolute atomic E-state index is 9.23. The minimum absolute atomic E-state index is 0.0665. The Kier molecular flexibility index (Phi) is 5.08. The molecule has 1 nitrogen and oxygen atoms in total. The molecule has 0 aliphatic rings. The zero-order chi connectivity index (χ0) is 11.1. The van der Waals surface area contributed by atoms with E-state index in [0.717, 1.165) is 17.6 Å². The molecule has 1 heterocycles. The van der Waals surface area contributed by atoms with Crippen LogP contribution in [0.5, 0.6) is 0 Å². The molecule has 1 N–H and O–H groups in total. The molecular formula is C13H16OS. The van der Waals surface area contributed by atoms with E-state index in [0.29, 0.717) is 0 Å². The Hall–Kier alpha value is -1.12. The first kappa shape index (κ1) is 12.0. The predicted molar refractivity (Wildman–Crippen MR) is 67.1 cm³/mol. The first-order valence-corrected chi connectivity index (χ1v) is 5.80. The van der Waals surface area contributed by atoms with E-state index in [4.69, 9.17) is 0 Å². The van der Waals surface area contributed by atoms with Crippen LogP contribution in [-0.4, -0.2) is 11.7 Å². The summed E-state index contributed by atoms with van der Waals surface area (Å²) in [6.45, 7) is 5.81. The second-order valence-electron chi connectivity index (χ2n) is 3.17. The van der Waals surface area contributed by atoms with Gasteiger partial charge in [0.05, 0.1) is 6.61 Å². The van der Waals surface area contributed by atoms with Crippen molar-refractivity contribution in [3.05, 3.63) is 58.3 Å². The van der Waals surface area contributed by atoms with Gasteiger partial charge in [-0.3, -0.25) is 0 Å². The number of allylic oxidation sites excluding steroid dienone is 3. The Balaban J connectivity index is 2.90. The van der Waals surface area contributed by atoms with Crippen LogP contribution in [0.3, 0.4) is 0 Å². The fraction of sp³-hybridized carbons (Fsp3) is 0.231. The lowest BCUT2D eigenvalue weighted by atomic mass is 10.0. The normalized spacial score (nSPS) is 12.9. The first-order chi connectivity index (χ1) is 7.31. The van der Waals surface area contributed by atoms with E-state index in [-0.39, 0.29) is 6.61 Å². The maximum atomic E-state index is 9.23. The summed E-state index contributed by atoms with van der Waals surface area (Å²) in [5.74, 6) is 0. The van der Waals surface area contributed by atoms with Crippen molar-refractivity contribution in [2.45, 2.75) is 13.3 Å². The molecule has 15 heavy (non-hydrogen) atoms. The van der Waals surface area contributed by atoms with Crippen molar-refractivity contribution in [1.82, 2.24) is 0 Å². The number of hydrogen-bond acceptors (Lipinski definition) is 2. The fourth-order valence-corrected chi connectivity index (χ4v) is 2.11. The second-order valence-corrected chi connectivity index (χ2v) is 4.20. The molecule has 0 saturated carbocycles. The van der Waals surface area contributed by atoms with Crippen molar-refractivity contribution in [2.24, 2.45) is 0 Å². The van der Waals surface area contributed by atoms with E-state index in [1.807, 2.05) is 31.2 Å². The zero-order valence-electron chi connectivity index (χ0n) is 8.94. The number of rotatable bonds is 5. The molecule has 0 saturated heterocycles.